The number of hydrogen-bond donors (Lipinski definition) is 1. The van der Waals surface area contributed by atoms with E-state index in [1.807, 2.05) is 127 Å². The van der Waals surface area contributed by atoms with E-state index in [4.69, 9.17) is 23.9 Å². The Balaban J connectivity index is 1.47. The Morgan fingerprint density at radius 2 is 1.00 bits per heavy atom. The summed E-state index contributed by atoms with van der Waals surface area (Å²) in [7, 11) is -2.98. The summed E-state index contributed by atoms with van der Waals surface area (Å²) < 4.78 is 25.8. The molecule has 5 aromatic rings. The maximum atomic E-state index is 11.7. The van der Waals surface area contributed by atoms with Crippen molar-refractivity contribution in [2.45, 2.75) is 63.9 Å². The summed E-state index contributed by atoms with van der Waals surface area (Å²) >= 11 is 0. The third-order valence-electron chi connectivity index (χ3n) is 8.49. The third kappa shape index (κ3) is 9.85. The van der Waals surface area contributed by atoms with Crippen LogP contribution in [0.5, 0.6) is 0 Å². The number of oxime groups is 1. The SMILES string of the molecule is CC(C)(C)[Si](O/N=C\[C@@H](OCc1ccccc1)[C@H](OCc1ccccc1)[C@H](O)COCc1ccccc1)(c1ccccc1)c1ccccc1. The largest absolute Gasteiger partial charge is 0.443 e. The molecule has 3 atom stereocenters. The van der Waals surface area contributed by atoms with E-state index < -0.39 is 26.6 Å². The van der Waals surface area contributed by atoms with E-state index in [1.54, 1.807) is 6.21 Å². The van der Waals surface area contributed by atoms with Crippen LogP contribution >= 0.6 is 0 Å². The molecule has 0 aliphatic rings. The summed E-state index contributed by atoms with van der Waals surface area (Å²) in [4.78, 5) is 0. The van der Waals surface area contributed by atoms with Crippen molar-refractivity contribution < 1.29 is 23.8 Å². The van der Waals surface area contributed by atoms with Gasteiger partial charge < -0.3 is 23.8 Å². The first-order chi connectivity index (χ1) is 23.9. The zero-order chi connectivity index (χ0) is 34.4. The topological polar surface area (TPSA) is 69.5 Å². The second-order valence-corrected chi connectivity index (χ2v) is 17.3. The Kier molecular flexibility index (Phi) is 13.1. The average Bonchev–Trinajstić information content (AvgIpc) is 3.13. The molecule has 6 nitrogen and oxygen atoms in total. The van der Waals surface area contributed by atoms with Crippen molar-refractivity contribution >= 4 is 24.9 Å². The Bertz CT molecular complexity index is 1630. The van der Waals surface area contributed by atoms with Gasteiger partial charge in [0.1, 0.15) is 18.3 Å². The van der Waals surface area contributed by atoms with Crippen LogP contribution in [0.1, 0.15) is 37.5 Å². The van der Waals surface area contributed by atoms with E-state index in [0.717, 1.165) is 27.1 Å². The van der Waals surface area contributed by atoms with Gasteiger partial charge in [-0.15, -0.1) is 5.16 Å². The van der Waals surface area contributed by atoms with Gasteiger partial charge in [0, 0.05) is 5.04 Å². The first-order valence-electron chi connectivity index (χ1n) is 16.8. The number of hydrogen-bond acceptors (Lipinski definition) is 6. The molecule has 0 radical (unpaired) electrons. The average molecular weight is 674 g/mol. The number of aliphatic hydroxyl groups is 1. The monoisotopic (exact) mass is 673 g/mol. The molecule has 1 N–H and O–H groups in total. The van der Waals surface area contributed by atoms with E-state index in [0.29, 0.717) is 13.2 Å². The van der Waals surface area contributed by atoms with Gasteiger partial charge in [0.05, 0.1) is 32.6 Å². The van der Waals surface area contributed by atoms with Crippen molar-refractivity contribution in [3.8, 4) is 0 Å². The lowest BCUT2D eigenvalue weighted by Crippen LogP contribution is -2.65. The number of nitrogens with zero attached hydrogens (tertiary/aromatic N) is 1. The molecular formula is C42H47NO5Si. The zero-order valence-electron chi connectivity index (χ0n) is 28.6. The van der Waals surface area contributed by atoms with Crippen molar-refractivity contribution in [3.05, 3.63) is 168 Å². The van der Waals surface area contributed by atoms with E-state index in [9.17, 15) is 5.11 Å². The molecule has 49 heavy (non-hydrogen) atoms. The first kappa shape index (κ1) is 35.9. The Labute approximate surface area is 292 Å². The van der Waals surface area contributed by atoms with Crippen molar-refractivity contribution in [1.82, 2.24) is 0 Å². The van der Waals surface area contributed by atoms with Gasteiger partial charge in [-0.05, 0) is 27.1 Å². The van der Waals surface area contributed by atoms with Crippen LogP contribution in [0, 0.1) is 0 Å². The molecule has 254 valence electrons. The summed E-state index contributed by atoms with van der Waals surface area (Å²) in [6.45, 7) is 7.59. The fourth-order valence-corrected chi connectivity index (χ4v) is 10.0. The van der Waals surface area contributed by atoms with E-state index in [1.165, 1.54) is 0 Å². The van der Waals surface area contributed by atoms with Crippen LogP contribution in [0.4, 0.5) is 0 Å². The normalized spacial score (nSPS) is 14.0. The molecule has 0 spiro atoms. The Morgan fingerprint density at radius 1 is 0.592 bits per heavy atom. The van der Waals surface area contributed by atoms with Gasteiger partial charge in [0.25, 0.3) is 0 Å². The highest BCUT2D eigenvalue weighted by atomic mass is 28.4. The maximum Gasteiger partial charge on any atom is 0.354 e. The third-order valence-corrected chi connectivity index (χ3v) is 13.3. The van der Waals surface area contributed by atoms with Gasteiger partial charge in [-0.3, -0.25) is 0 Å². The van der Waals surface area contributed by atoms with Crippen LogP contribution in [-0.4, -0.2) is 44.6 Å². The maximum absolute atomic E-state index is 11.7. The summed E-state index contributed by atoms with van der Waals surface area (Å²) in [5.41, 5.74) is 2.99. The second-order valence-electron chi connectivity index (χ2n) is 13.1. The van der Waals surface area contributed by atoms with Gasteiger partial charge in [-0.2, -0.15) is 0 Å². The summed E-state index contributed by atoms with van der Waals surface area (Å²) in [6, 6.07) is 50.5. The molecule has 0 fully saturated rings. The minimum Gasteiger partial charge on any atom is -0.443 e. The first-order valence-corrected chi connectivity index (χ1v) is 18.7. The van der Waals surface area contributed by atoms with Crippen LogP contribution in [0.25, 0.3) is 0 Å². The minimum absolute atomic E-state index is 0.0446. The molecule has 0 aromatic heterocycles. The van der Waals surface area contributed by atoms with Crippen LogP contribution in [0.15, 0.2) is 157 Å². The molecule has 0 heterocycles. The Morgan fingerprint density at radius 3 is 1.45 bits per heavy atom. The fraction of sp³-hybridized carbons (Fsp3) is 0.262. The summed E-state index contributed by atoms with van der Waals surface area (Å²) in [5, 5.41) is 18.3. The van der Waals surface area contributed by atoms with Crippen molar-refractivity contribution in [1.29, 1.82) is 0 Å². The van der Waals surface area contributed by atoms with Crippen LogP contribution in [0.3, 0.4) is 0 Å². The molecule has 0 aliphatic heterocycles. The Hall–Kier alpha value is -4.37. The molecule has 7 heteroatoms. The van der Waals surface area contributed by atoms with Crippen LogP contribution < -0.4 is 10.4 Å². The van der Waals surface area contributed by atoms with Crippen molar-refractivity contribution in [2.24, 2.45) is 5.16 Å². The summed E-state index contributed by atoms with van der Waals surface area (Å²) in [5.74, 6) is 0. The second kappa shape index (κ2) is 17.9. The lowest BCUT2D eigenvalue weighted by atomic mass is 10.1. The molecule has 0 unspecified atom stereocenters. The van der Waals surface area contributed by atoms with Gasteiger partial charge in [0.15, 0.2) is 0 Å². The minimum atomic E-state index is -2.98. The van der Waals surface area contributed by atoms with Crippen LogP contribution in [0.2, 0.25) is 5.04 Å². The van der Waals surface area contributed by atoms with Gasteiger partial charge >= 0.3 is 8.32 Å². The predicted molar refractivity (Wildman–Crippen MR) is 199 cm³/mol. The van der Waals surface area contributed by atoms with Crippen LogP contribution in [-0.2, 0) is 38.6 Å². The van der Waals surface area contributed by atoms with Crippen molar-refractivity contribution in [3.63, 3.8) is 0 Å². The summed E-state index contributed by atoms with van der Waals surface area (Å²) in [6.07, 6.45) is -0.950. The lowest BCUT2D eigenvalue weighted by Gasteiger charge is -2.40. The van der Waals surface area contributed by atoms with Gasteiger partial charge in [-0.25, -0.2) is 0 Å². The number of benzene rings is 5. The number of rotatable bonds is 17. The molecule has 0 saturated carbocycles. The smallest absolute Gasteiger partial charge is 0.354 e. The molecular weight excluding hydrogens is 627 g/mol. The molecule has 5 rings (SSSR count). The van der Waals surface area contributed by atoms with E-state index in [2.05, 4.69) is 45.0 Å². The predicted octanol–water partition coefficient (Wildman–Crippen LogP) is 7.30. The van der Waals surface area contributed by atoms with Gasteiger partial charge in [-0.1, -0.05) is 172 Å². The number of aliphatic hydroxyl groups excluding tert-OH is 1. The molecule has 5 aromatic carbocycles. The number of ether oxygens (including phenoxy) is 3. The quantitative estimate of drug-likeness (QED) is 0.0638. The van der Waals surface area contributed by atoms with Gasteiger partial charge in [0.2, 0.25) is 0 Å². The highest BCUT2D eigenvalue weighted by molar-refractivity contribution is 6.99. The standard InChI is InChI=1S/C42H47NO5Si/c1-42(2,3)49(37-25-15-7-16-26-37,38-27-17-8-18-28-38)48-43-29-40(46-31-35-21-11-5-12-22-35)41(47-32-36-23-13-6-14-24-36)39(44)33-45-30-34-19-9-4-10-20-34/h4-29,39-41,44H,30-33H2,1-3H3/b43-29-/t39-,40-,41-/m1/s1. The molecule has 0 bridgehead atoms. The highest BCUT2D eigenvalue weighted by Crippen LogP contribution is 2.37. The van der Waals surface area contributed by atoms with E-state index in [-0.39, 0.29) is 18.3 Å². The molecule has 0 amide bonds. The van der Waals surface area contributed by atoms with Crippen molar-refractivity contribution in [2.75, 3.05) is 6.61 Å². The zero-order valence-corrected chi connectivity index (χ0v) is 29.6. The lowest BCUT2D eigenvalue weighted by molar-refractivity contribution is -0.127. The van der Waals surface area contributed by atoms with E-state index >= 15 is 0 Å². The highest BCUT2D eigenvalue weighted by Gasteiger charge is 2.53. The molecule has 0 aliphatic carbocycles. The fourth-order valence-electron chi connectivity index (χ4n) is 5.94. The molecule has 0 saturated heterocycles.